The minimum absolute atomic E-state index is 0.115. The quantitative estimate of drug-likeness (QED) is 0.449. The molecule has 4 aliphatic heterocycles. The number of thioether (sulfide) groups is 1. The number of halogens is 1. The minimum Gasteiger partial charge on any atom is -0.372 e. The van der Waals surface area contributed by atoms with E-state index < -0.39 is 41.2 Å². The van der Waals surface area contributed by atoms with Gasteiger partial charge in [-0.2, -0.15) is 0 Å². The molecule has 1 spiro atoms. The van der Waals surface area contributed by atoms with Crippen molar-refractivity contribution in [3.05, 3.63) is 53.3 Å². The van der Waals surface area contributed by atoms with Gasteiger partial charge in [0.05, 0.1) is 35.4 Å². The molecule has 3 fully saturated rings. The second kappa shape index (κ2) is 9.28. The monoisotopic (exact) mass is 579 g/mol. The molecule has 2 aromatic carbocycles. The number of aromatic nitrogens is 1. The van der Waals surface area contributed by atoms with Gasteiger partial charge in [0.2, 0.25) is 17.4 Å². The number of benzene rings is 2. The molecule has 13 heteroatoms. The van der Waals surface area contributed by atoms with Gasteiger partial charge < -0.3 is 14.2 Å². The van der Waals surface area contributed by atoms with Crippen molar-refractivity contribution in [1.29, 1.82) is 0 Å². The van der Waals surface area contributed by atoms with Gasteiger partial charge in [-0.05, 0) is 37.5 Å². The Labute approximate surface area is 237 Å². The molecule has 4 atom stereocenters. The highest BCUT2D eigenvalue weighted by atomic mass is 32.2. The molecule has 212 valence electrons. The van der Waals surface area contributed by atoms with Crippen LogP contribution in [0.5, 0.6) is 0 Å². The topological polar surface area (TPSA) is 134 Å². The lowest BCUT2D eigenvalue weighted by atomic mass is 9.66. The Morgan fingerprint density at radius 1 is 1.12 bits per heavy atom. The number of morpholine rings is 1. The van der Waals surface area contributed by atoms with Gasteiger partial charge in [0.1, 0.15) is 0 Å². The lowest BCUT2D eigenvalue weighted by Gasteiger charge is -2.55. The molecule has 7 rings (SSSR count). The van der Waals surface area contributed by atoms with Crippen molar-refractivity contribution < 1.29 is 32.8 Å². The van der Waals surface area contributed by atoms with Gasteiger partial charge in [-0.25, -0.2) is 9.18 Å². The van der Waals surface area contributed by atoms with Gasteiger partial charge in [-0.1, -0.05) is 47.3 Å². The molecule has 3 saturated heterocycles. The Morgan fingerprint density at radius 2 is 1.85 bits per heavy atom. The van der Waals surface area contributed by atoms with Crippen molar-refractivity contribution in [2.24, 2.45) is 5.41 Å². The molecule has 0 radical (unpaired) electrons. The average Bonchev–Trinajstić information content (AvgIpc) is 3.50. The Bertz CT molecular complexity index is 1610. The van der Waals surface area contributed by atoms with Crippen LogP contribution < -0.4 is 20.4 Å². The first-order chi connectivity index (χ1) is 19.7. The normalized spacial score (nSPS) is 27.2. The van der Waals surface area contributed by atoms with Crippen LogP contribution in [0.4, 0.5) is 25.5 Å². The summed E-state index contributed by atoms with van der Waals surface area (Å²) in [5, 5.41) is 8.67. The summed E-state index contributed by atoms with van der Waals surface area (Å²) in [5.41, 5.74) is -0.265. The summed E-state index contributed by atoms with van der Waals surface area (Å²) in [5.74, 6) is -1.51. The zero-order chi connectivity index (χ0) is 28.6. The van der Waals surface area contributed by atoms with E-state index in [0.717, 1.165) is 17.3 Å². The lowest BCUT2D eigenvalue weighted by Crippen LogP contribution is -2.75. The number of barbiturate groups is 1. The van der Waals surface area contributed by atoms with E-state index in [4.69, 9.17) is 9.26 Å². The molecule has 41 heavy (non-hydrogen) atoms. The molecule has 4 aliphatic rings. The van der Waals surface area contributed by atoms with Crippen LogP contribution in [0.3, 0.4) is 0 Å². The predicted molar refractivity (Wildman–Crippen MR) is 147 cm³/mol. The van der Waals surface area contributed by atoms with Crippen LogP contribution in [0.25, 0.3) is 11.0 Å². The van der Waals surface area contributed by atoms with Crippen molar-refractivity contribution >= 4 is 57.3 Å². The summed E-state index contributed by atoms with van der Waals surface area (Å²) in [4.78, 5) is 55.2. The van der Waals surface area contributed by atoms with Crippen LogP contribution in [0.1, 0.15) is 25.0 Å². The van der Waals surface area contributed by atoms with Crippen LogP contribution >= 0.6 is 11.8 Å². The molecule has 5 amide bonds. The SMILES string of the molecule is C[C@@H]1CN2c3c(cc4c(N5C(=O)SC[C@@H]5Cc5ccccc5)noc4c3F)CC3(C(=O)NC(=O)NC3=O)[C@H]2[C@H](C)O1. The van der Waals surface area contributed by atoms with Gasteiger partial charge in [0.25, 0.3) is 5.24 Å². The molecule has 0 aliphatic carbocycles. The minimum atomic E-state index is -1.76. The maximum absolute atomic E-state index is 16.4. The largest absolute Gasteiger partial charge is 0.372 e. The molecule has 0 bridgehead atoms. The van der Waals surface area contributed by atoms with Gasteiger partial charge in [-0.3, -0.25) is 29.9 Å². The van der Waals surface area contributed by atoms with E-state index in [1.807, 2.05) is 37.3 Å². The second-order valence-electron chi connectivity index (χ2n) is 11.0. The zero-order valence-corrected chi connectivity index (χ0v) is 23.0. The van der Waals surface area contributed by atoms with Crippen molar-refractivity contribution in [1.82, 2.24) is 15.8 Å². The number of hydrogen-bond donors (Lipinski definition) is 2. The van der Waals surface area contributed by atoms with Gasteiger partial charge in [0, 0.05) is 18.7 Å². The number of hydrogen-bond acceptors (Lipinski definition) is 9. The fraction of sp³-hybridized carbons (Fsp3) is 0.393. The molecule has 2 N–H and O–H groups in total. The molecule has 3 aromatic rings. The third-order valence-electron chi connectivity index (χ3n) is 8.45. The van der Waals surface area contributed by atoms with E-state index in [-0.39, 0.29) is 52.8 Å². The molecule has 0 unspecified atom stereocenters. The third-order valence-corrected chi connectivity index (χ3v) is 9.44. The summed E-state index contributed by atoms with van der Waals surface area (Å²) in [7, 11) is 0. The Morgan fingerprint density at radius 3 is 2.59 bits per heavy atom. The number of ether oxygens (including phenoxy) is 1. The Balaban J connectivity index is 1.37. The predicted octanol–water partition coefficient (Wildman–Crippen LogP) is 3.14. The summed E-state index contributed by atoms with van der Waals surface area (Å²) in [6, 6.07) is 9.36. The van der Waals surface area contributed by atoms with Gasteiger partial charge >= 0.3 is 6.03 Å². The van der Waals surface area contributed by atoms with Crippen molar-refractivity contribution in [2.45, 2.75) is 51.0 Å². The first kappa shape index (κ1) is 26.0. The first-order valence-electron chi connectivity index (χ1n) is 13.4. The number of nitrogens with zero attached hydrogens (tertiary/aromatic N) is 3. The van der Waals surface area contributed by atoms with E-state index >= 15 is 4.39 Å². The average molecular weight is 580 g/mol. The maximum Gasteiger partial charge on any atom is 0.328 e. The number of carbonyl (C=O) groups excluding carboxylic acids is 4. The van der Waals surface area contributed by atoms with Gasteiger partial charge in [-0.15, -0.1) is 0 Å². The number of carbonyl (C=O) groups is 4. The highest BCUT2D eigenvalue weighted by Crippen LogP contribution is 2.50. The van der Waals surface area contributed by atoms with Gasteiger partial charge in [0.15, 0.2) is 17.1 Å². The number of rotatable bonds is 3. The standard InChI is InChI=1S/C28H26FN5O6S/c1-13-11-33-20-16(10-28(22(33)14(2)39-13)24(35)30-26(37)31-25(28)36)9-18-21(19(20)29)40-32-23(18)34-17(12-41-27(34)38)8-15-6-4-3-5-7-15/h3-7,9,13-14,17,22H,8,10-12H2,1-2H3,(H2,30,31,35,36,37)/t13-,14+,17+,22-/m1/s1. The summed E-state index contributed by atoms with van der Waals surface area (Å²) < 4.78 is 28.0. The fourth-order valence-corrected chi connectivity index (χ4v) is 7.84. The summed E-state index contributed by atoms with van der Waals surface area (Å²) >= 11 is 1.16. The highest BCUT2D eigenvalue weighted by Gasteiger charge is 2.63. The summed E-state index contributed by atoms with van der Waals surface area (Å²) in [6.07, 6.45) is -0.595. The zero-order valence-electron chi connectivity index (χ0n) is 22.2. The fourth-order valence-electron chi connectivity index (χ4n) is 6.87. The molecular formula is C28H26FN5O6S. The number of nitrogens with one attached hydrogen (secondary N) is 2. The number of imide groups is 2. The van der Waals surface area contributed by atoms with Crippen molar-refractivity contribution in [3.63, 3.8) is 0 Å². The second-order valence-corrected chi connectivity index (χ2v) is 12.0. The van der Waals surface area contributed by atoms with Crippen LogP contribution in [-0.4, -0.2) is 64.8 Å². The van der Waals surface area contributed by atoms with Crippen molar-refractivity contribution in [3.8, 4) is 0 Å². The van der Waals surface area contributed by atoms with Crippen molar-refractivity contribution in [2.75, 3.05) is 22.1 Å². The maximum atomic E-state index is 16.4. The Hall–Kier alpha value is -3.97. The van der Waals surface area contributed by atoms with Crippen LogP contribution in [0.2, 0.25) is 0 Å². The molecule has 11 nitrogen and oxygen atoms in total. The highest BCUT2D eigenvalue weighted by molar-refractivity contribution is 8.14. The third kappa shape index (κ3) is 3.78. The Kier molecular flexibility index (Phi) is 5.88. The molecule has 1 aromatic heterocycles. The van der Waals surface area contributed by atoms with E-state index in [1.165, 1.54) is 4.90 Å². The number of amides is 5. The van der Waals surface area contributed by atoms with Crippen LogP contribution in [0.15, 0.2) is 40.9 Å². The number of urea groups is 1. The van der Waals surface area contributed by atoms with Crippen LogP contribution in [-0.2, 0) is 27.2 Å². The molecule has 0 saturated carbocycles. The summed E-state index contributed by atoms with van der Waals surface area (Å²) in [6.45, 7) is 3.75. The van der Waals surface area contributed by atoms with E-state index in [0.29, 0.717) is 17.7 Å². The van der Waals surface area contributed by atoms with E-state index in [2.05, 4.69) is 15.8 Å². The smallest absolute Gasteiger partial charge is 0.328 e. The molecule has 5 heterocycles. The number of anilines is 2. The van der Waals surface area contributed by atoms with Crippen LogP contribution in [0, 0.1) is 11.2 Å². The van der Waals surface area contributed by atoms with E-state index in [9.17, 15) is 19.2 Å². The molecular weight excluding hydrogens is 553 g/mol. The lowest BCUT2D eigenvalue weighted by molar-refractivity contribution is -0.153. The van der Waals surface area contributed by atoms with E-state index in [1.54, 1.807) is 17.9 Å². The first-order valence-corrected chi connectivity index (χ1v) is 14.4. The number of fused-ring (bicyclic) bond motifs is 5.